The maximum Gasteiger partial charge on any atom is 0.103 e. The normalized spacial score (nSPS) is 11.7. The van der Waals surface area contributed by atoms with Crippen LogP contribution in [0.15, 0.2) is 57.1 Å². The van der Waals surface area contributed by atoms with Crippen molar-refractivity contribution in [3.8, 4) is 23.7 Å². The Morgan fingerprint density at radius 1 is 0.579 bits per heavy atom. The van der Waals surface area contributed by atoms with E-state index in [1.807, 2.05) is 22.2 Å². The monoisotopic (exact) mass is 512 g/mol. The minimum absolute atomic E-state index is 0.00514. The van der Waals surface area contributed by atoms with E-state index >= 15 is 0 Å². The van der Waals surface area contributed by atoms with Gasteiger partial charge in [-0.05, 0) is 85.8 Å². The molecule has 0 bridgehead atoms. The third-order valence-electron chi connectivity index (χ3n) is 6.20. The number of hydrogen-bond acceptors (Lipinski definition) is 4. The predicted molar refractivity (Wildman–Crippen MR) is 159 cm³/mol. The van der Waals surface area contributed by atoms with Crippen LogP contribution < -0.4 is 0 Å². The van der Waals surface area contributed by atoms with Crippen molar-refractivity contribution in [2.24, 2.45) is 20.7 Å². The van der Waals surface area contributed by atoms with E-state index in [4.69, 9.17) is 0 Å². The van der Waals surface area contributed by atoms with Crippen LogP contribution in [-0.4, -0.2) is 36.2 Å². The third-order valence-corrected chi connectivity index (χ3v) is 6.20. The van der Waals surface area contributed by atoms with Crippen LogP contribution in [-0.2, 0) is 10.8 Å². The molecule has 6 heteroatoms. The minimum atomic E-state index is -0.00514. The van der Waals surface area contributed by atoms with Crippen molar-refractivity contribution >= 4 is 11.4 Å². The molecule has 0 aromatic heterocycles. The van der Waals surface area contributed by atoms with E-state index in [0.717, 1.165) is 48.7 Å². The van der Waals surface area contributed by atoms with Crippen molar-refractivity contribution in [1.82, 2.24) is 10.0 Å². The molecule has 0 spiro atoms. The summed E-state index contributed by atoms with van der Waals surface area (Å²) in [5.41, 5.74) is 5.47. The Kier molecular flexibility index (Phi) is 11.1. The Labute approximate surface area is 230 Å². The number of nitrogens with zero attached hydrogens (tertiary/aromatic N) is 6. The van der Waals surface area contributed by atoms with Gasteiger partial charge in [0.2, 0.25) is 0 Å². The largest absolute Gasteiger partial charge is 0.279 e. The minimum Gasteiger partial charge on any atom is -0.279 e. The lowest BCUT2D eigenvalue weighted by atomic mass is 9.86. The van der Waals surface area contributed by atoms with Crippen molar-refractivity contribution in [3.63, 3.8) is 0 Å². The van der Waals surface area contributed by atoms with E-state index in [2.05, 4.69) is 138 Å². The second-order valence-corrected chi connectivity index (χ2v) is 11.1. The Bertz CT molecular complexity index is 1150. The molecule has 0 aliphatic carbocycles. The van der Waals surface area contributed by atoms with Crippen LogP contribution in [0.25, 0.3) is 0 Å². The first kappa shape index (κ1) is 30.6. The van der Waals surface area contributed by atoms with Gasteiger partial charge in [-0.15, -0.1) is 10.2 Å². The van der Waals surface area contributed by atoms with E-state index in [1.54, 1.807) is 0 Å². The van der Waals surface area contributed by atoms with Crippen LogP contribution in [0, 0.1) is 23.7 Å². The summed E-state index contributed by atoms with van der Waals surface area (Å²) in [6.45, 7) is 24.6. The van der Waals surface area contributed by atoms with Crippen molar-refractivity contribution in [3.05, 3.63) is 58.7 Å². The van der Waals surface area contributed by atoms with Gasteiger partial charge in [0, 0.05) is 26.2 Å². The summed E-state index contributed by atoms with van der Waals surface area (Å²) < 4.78 is 0. The highest BCUT2D eigenvalue weighted by Gasteiger charge is 2.16. The number of rotatable bonds is 8. The third kappa shape index (κ3) is 9.03. The number of hydrogen-bond donors (Lipinski definition) is 0. The maximum absolute atomic E-state index is 4.49. The fraction of sp³-hybridized carbons (Fsp3) is 0.500. The standard InChI is InChI=1S/C32H44N6/c1-11-37(12-2)35-33-29-21-19-27(31(5,6)7)23-25(29)17-15-16-18-26-24-28(32(8,9)10)20-22-30(26)34-36-38(13-3)14-4/h19-24H,11-14H2,1-10H3. The molecule has 0 N–H and O–H groups in total. The highest BCUT2D eigenvalue weighted by atomic mass is 15.5. The summed E-state index contributed by atoms with van der Waals surface area (Å²) in [5.74, 6) is 12.6. The Morgan fingerprint density at radius 3 is 1.21 bits per heavy atom. The van der Waals surface area contributed by atoms with Gasteiger partial charge in [-0.3, -0.25) is 10.0 Å². The molecular weight excluding hydrogens is 468 g/mol. The summed E-state index contributed by atoms with van der Waals surface area (Å²) >= 11 is 0. The van der Waals surface area contributed by atoms with Gasteiger partial charge in [0.1, 0.15) is 11.4 Å². The molecule has 0 aliphatic heterocycles. The van der Waals surface area contributed by atoms with Crippen LogP contribution in [0.3, 0.4) is 0 Å². The molecule has 2 aromatic rings. The average molecular weight is 513 g/mol. The van der Waals surface area contributed by atoms with E-state index in [0.29, 0.717) is 0 Å². The lowest BCUT2D eigenvalue weighted by molar-refractivity contribution is 0.300. The Hall–Kier alpha value is -3.64. The first-order valence-corrected chi connectivity index (χ1v) is 13.6. The average Bonchev–Trinajstić information content (AvgIpc) is 2.87. The molecule has 0 saturated carbocycles. The van der Waals surface area contributed by atoms with E-state index in [9.17, 15) is 0 Å². The van der Waals surface area contributed by atoms with Crippen molar-refractivity contribution in [1.29, 1.82) is 0 Å². The smallest absolute Gasteiger partial charge is 0.103 e. The van der Waals surface area contributed by atoms with Gasteiger partial charge in [-0.1, -0.05) is 76.0 Å². The van der Waals surface area contributed by atoms with Crippen LogP contribution in [0.2, 0.25) is 0 Å². The highest BCUT2D eigenvalue weighted by molar-refractivity contribution is 5.61. The fourth-order valence-corrected chi connectivity index (χ4v) is 3.50. The van der Waals surface area contributed by atoms with Crippen molar-refractivity contribution in [2.45, 2.75) is 80.1 Å². The molecule has 6 nitrogen and oxygen atoms in total. The summed E-state index contributed by atoms with van der Waals surface area (Å²) in [4.78, 5) is 0. The SMILES string of the molecule is CCN(CC)N=Nc1ccc(C(C)(C)C)cc1C#CC#Cc1cc(C(C)(C)C)ccc1N=NN(CC)CC. The maximum atomic E-state index is 4.49. The number of benzene rings is 2. The lowest BCUT2D eigenvalue weighted by Crippen LogP contribution is -2.14. The lowest BCUT2D eigenvalue weighted by Gasteiger charge is -2.19. The topological polar surface area (TPSA) is 55.9 Å². The molecule has 0 unspecified atom stereocenters. The van der Waals surface area contributed by atoms with Gasteiger partial charge in [-0.2, -0.15) is 0 Å². The molecule has 202 valence electrons. The van der Waals surface area contributed by atoms with Gasteiger partial charge in [0.15, 0.2) is 0 Å². The summed E-state index contributed by atoms with van der Waals surface area (Å²) in [6, 6.07) is 12.4. The Balaban J connectivity index is 2.53. The summed E-state index contributed by atoms with van der Waals surface area (Å²) in [7, 11) is 0. The van der Waals surface area contributed by atoms with Crippen LogP contribution in [0.5, 0.6) is 0 Å². The molecule has 0 fully saturated rings. The molecule has 2 rings (SSSR count). The summed E-state index contributed by atoms with van der Waals surface area (Å²) in [5, 5.41) is 21.5. The molecule has 38 heavy (non-hydrogen) atoms. The fourth-order valence-electron chi connectivity index (χ4n) is 3.50. The quantitative estimate of drug-likeness (QED) is 0.203. The molecule has 0 heterocycles. The zero-order valence-electron chi connectivity index (χ0n) is 25.0. The Morgan fingerprint density at radius 2 is 0.921 bits per heavy atom. The predicted octanol–water partition coefficient (Wildman–Crippen LogP) is 8.37. The van der Waals surface area contributed by atoms with Crippen molar-refractivity contribution in [2.75, 3.05) is 26.2 Å². The molecule has 0 atom stereocenters. The molecule has 2 aromatic carbocycles. The zero-order valence-corrected chi connectivity index (χ0v) is 25.0. The second kappa shape index (κ2) is 13.8. The van der Waals surface area contributed by atoms with Crippen LogP contribution in [0.1, 0.15) is 91.5 Å². The van der Waals surface area contributed by atoms with Gasteiger partial charge >= 0.3 is 0 Å². The molecular formula is C32H44N6. The van der Waals surface area contributed by atoms with Gasteiger partial charge in [-0.25, -0.2) is 0 Å². The molecule has 0 amide bonds. The van der Waals surface area contributed by atoms with Gasteiger partial charge in [0.05, 0.1) is 11.1 Å². The van der Waals surface area contributed by atoms with Crippen LogP contribution >= 0.6 is 0 Å². The van der Waals surface area contributed by atoms with E-state index in [1.165, 1.54) is 11.1 Å². The highest BCUT2D eigenvalue weighted by Crippen LogP contribution is 2.29. The molecule has 0 radical (unpaired) electrons. The van der Waals surface area contributed by atoms with E-state index in [-0.39, 0.29) is 10.8 Å². The summed E-state index contributed by atoms with van der Waals surface area (Å²) in [6.07, 6.45) is 0. The van der Waals surface area contributed by atoms with Gasteiger partial charge < -0.3 is 0 Å². The first-order chi connectivity index (χ1) is 17.9. The van der Waals surface area contributed by atoms with E-state index < -0.39 is 0 Å². The first-order valence-electron chi connectivity index (χ1n) is 13.6. The van der Waals surface area contributed by atoms with Crippen molar-refractivity contribution < 1.29 is 0 Å². The molecule has 0 saturated heterocycles. The van der Waals surface area contributed by atoms with Gasteiger partial charge in [0.25, 0.3) is 0 Å². The van der Waals surface area contributed by atoms with Crippen LogP contribution in [0.4, 0.5) is 11.4 Å². The second-order valence-electron chi connectivity index (χ2n) is 11.1. The zero-order chi connectivity index (χ0) is 28.3. The molecule has 0 aliphatic rings.